The third-order valence-corrected chi connectivity index (χ3v) is 1.50. The van der Waals surface area contributed by atoms with Crippen LogP contribution >= 0.6 is 0 Å². The summed E-state index contributed by atoms with van der Waals surface area (Å²) in [5, 5.41) is 9.29. The van der Waals surface area contributed by atoms with Gasteiger partial charge < -0.3 is 22.4 Å². The molecular weight excluding hydrogens is 215 g/mol. The van der Waals surface area contributed by atoms with Crippen molar-refractivity contribution < 1.29 is 26.9 Å². The Morgan fingerprint density at radius 1 is 1.40 bits per heavy atom. The minimum Gasteiger partial charge on any atom is -0.418 e. The number of aliphatic hydroxyl groups is 1. The molecule has 1 aromatic rings. The molecule has 1 unspecified atom stereocenters. The third-order valence-electron chi connectivity index (χ3n) is 1.50. The molecule has 0 amide bonds. The zero-order chi connectivity index (χ0) is 12.1. The normalized spacial score (nSPS) is 13.0. The topological polar surface area (TPSA) is 29.0 Å². The summed E-state index contributed by atoms with van der Waals surface area (Å²) in [7, 11) is -4.07. The molecule has 88 valence electrons. The van der Waals surface area contributed by atoms with Gasteiger partial charge in [-0.2, -0.15) is 0 Å². The van der Waals surface area contributed by atoms with E-state index in [-0.39, 0.29) is 6.23 Å². The Bertz CT molecular complexity index is 283. The Morgan fingerprint density at radius 2 is 1.87 bits per heavy atom. The largest absolute Gasteiger partial charge is 0.673 e. The average Bonchev–Trinajstić information content (AvgIpc) is 2.47. The highest BCUT2D eigenvalue weighted by molar-refractivity contribution is 6.50. The summed E-state index contributed by atoms with van der Waals surface area (Å²) < 4.78 is 42.7. The van der Waals surface area contributed by atoms with Crippen LogP contribution in [-0.2, 0) is 7.05 Å². The quantitative estimate of drug-likeness (QED) is 0.464. The Hall–Kier alpha value is -1.05. The standard InChI is InChI=1S/C7H13N2O.BF4/c1-3-7(10)9-5-4-8(2)6-9;2-1(3,4)5/h4-7,10H,3H2,1-2H3;/q+1;-1. The molecule has 1 aromatic heterocycles. The molecule has 1 atom stereocenters. The van der Waals surface area contributed by atoms with E-state index >= 15 is 0 Å². The molecule has 0 aromatic carbocycles. The van der Waals surface area contributed by atoms with Gasteiger partial charge in [0.1, 0.15) is 12.4 Å². The first kappa shape index (κ1) is 14.0. The number of nitrogens with zero attached hydrogens (tertiary/aromatic N) is 2. The zero-order valence-electron chi connectivity index (χ0n) is 8.45. The molecule has 1 N–H and O–H groups in total. The fourth-order valence-corrected chi connectivity index (χ4v) is 0.857. The highest BCUT2D eigenvalue weighted by atomic mass is 19.5. The predicted molar refractivity (Wildman–Crippen MR) is 47.3 cm³/mol. The number of hydrogen-bond donors (Lipinski definition) is 1. The molecule has 0 bridgehead atoms. The molecule has 0 aliphatic carbocycles. The van der Waals surface area contributed by atoms with Gasteiger partial charge in [-0.25, -0.2) is 9.13 Å². The molecule has 15 heavy (non-hydrogen) atoms. The smallest absolute Gasteiger partial charge is 0.418 e. The summed E-state index contributed by atoms with van der Waals surface area (Å²) in [6, 6.07) is 0. The lowest BCUT2D eigenvalue weighted by Gasteiger charge is -2.00. The van der Waals surface area contributed by atoms with E-state index in [1.807, 2.05) is 37.3 Å². The molecule has 0 fully saturated rings. The number of aliphatic hydroxyl groups excluding tert-OH is 1. The number of rotatable bonds is 2. The van der Waals surface area contributed by atoms with Crippen molar-refractivity contribution in [3.8, 4) is 0 Å². The zero-order valence-corrected chi connectivity index (χ0v) is 8.45. The Labute approximate surface area is 85.1 Å². The highest BCUT2D eigenvalue weighted by Crippen LogP contribution is 2.06. The molecule has 8 heteroatoms. The number of halogens is 4. The first-order valence-corrected chi connectivity index (χ1v) is 4.32. The fraction of sp³-hybridized carbons (Fsp3) is 0.571. The molecule has 1 heterocycles. The highest BCUT2D eigenvalue weighted by Gasteiger charge is 2.20. The Morgan fingerprint density at radius 3 is 2.13 bits per heavy atom. The number of aryl methyl sites for hydroxylation is 1. The molecule has 0 radical (unpaired) electrons. The van der Waals surface area contributed by atoms with Crippen molar-refractivity contribution in [3.63, 3.8) is 0 Å². The van der Waals surface area contributed by atoms with E-state index in [1.54, 1.807) is 4.57 Å². The summed E-state index contributed by atoms with van der Waals surface area (Å²) in [6.07, 6.45) is 5.98. The van der Waals surface area contributed by atoms with E-state index in [0.717, 1.165) is 6.42 Å². The summed E-state index contributed by atoms with van der Waals surface area (Å²) in [4.78, 5) is 0. The van der Waals surface area contributed by atoms with Crippen molar-refractivity contribution in [2.24, 2.45) is 7.05 Å². The fourth-order valence-electron chi connectivity index (χ4n) is 0.857. The maximum absolute atomic E-state index is 9.75. The summed E-state index contributed by atoms with van der Waals surface area (Å²) >= 11 is 0. The predicted octanol–water partition coefficient (Wildman–Crippen LogP) is 1.51. The van der Waals surface area contributed by atoms with Gasteiger partial charge in [-0.3, -0.25) is 0 Å². The molecular formula is C7H13BF4N2O. The van der Waals surface area contributed by atoms with Gasteiger partial charge >= 0.3 is 7.25 Å². The Kier molecular flexibility index (Phi) is 5.34. The van der Waals surface area contributed by atoms with E-state index in [9.17, 15) is 22.4 Å². The van der Waals surface area contributed by atoms with Crippen LogP contribution in [0.1, 0.15) is 19.6 Å². The van der Waals surface area contributed by atoms with Gasteiger partial charge in [-0.15, -0.1) is 0 Å². The van der Waals surface area contributed by atoms with Gasteiger partial charge in [-0.05, 0) is 0 Å². The van der Waals surface area contributed by atoms with Crippen molar-refractivity contribution in [2.75, 3.05) is 0 Å². The third kappa shape index (κ3) is 7.98. The Balaban J connectivity index is 0.000000336. The van der Waals surface area contributed by atoms with Crippen LogP contribution in [-0.4, -0.2) is 16.9 Å². The van der Waals surface area contributed by atoms with Gasteiger partial charge in [0.15, 0.2) is 6.23 Å². The summed E-state index contributed by atoms with van der Waals surface area (Å²) in [6.45, 7) is 1.95. The van der Waals surface area contributed by atoms with Crippen LogP contribution in [0.3, 0.4) is 0 Å². The van der Waals surface area contributed by atoms with Crippen molar-refractivity contribution in [3.05, 3.63) is 18.7 Å². The summed E-state index contributed by atoms with van der Waals surface area (Å²) in [5.74, 6) is 0. The van der Waals surface area contributed by atoms with Gasteiger partial charge in [0, 0.05) is 6.42 Å². The minimum absolute atomic E-state index is 0.374. The first-order chi connectivity index (χ1) is 6.74. The number of hydrogen-bond acceptors (Lipinski definition) is 1. The van der Waals surface area contributed by atoms with E-state index in [0.29, 0.717) is 0 Å². The molecule has 0 aliphatic heterocycles. The second kappa shape index (κ2) is 5.74. The van der Waals surface area contributed by atoms with Crippen LogP contribution in [0, 0.1) is 0 Å². The molecule has 3 nitrogen and oxygen atoms in total. The van der Waals surface area contributed by atoms with Crippen molar-refractivity contribution in [1.29, 1.82) is 0 Å². The van der Waals surface area contributed by atoms with Crippen LogP contribution in [0.15, 0.2) is 18.7 Å². The van der Waals surface area contributed by atoms with Crippen LogP contribution in [0.5, 0.6) is 0 Å². The second-order valence-corrected chi connectivity index (χ2v) is 2.91. The SMILES string of the molecule is CCC(O)n1cc[n+](C)c1.F[B-](F)(F)F. The lowest BCUT2D eigenvalue weighted by molar-refractivity contribution is -0.671. The molecule has 0 aliphatic rings. The maximum atomic E-state index is 9.75. The number of imidazole rings is 1. The average molecular weight is 228 g/mol. The molecule has 0 spiro atoms. The van der Waals surface area contributed by atoms with E-state index in [2.05, 4.69) is 0 Å². The van der Waals surface area contributed by atoms with Gasteiger partial charge in [0.2, 0.25) is 6.33 Å². The lowest BCUT2D eigenvalue weighted by Crippen LogP contribution is -2.24. The first-order valence-electron chi connectivity index (χ1n) is 4.32. The second-order valence-electron chi connectivity index (χ2n) is 2.91. The van der Waals surface area contributed by atoms with Crippen molar-refractivity contribution >= 4 is 7.25 Å². The molecule has 1 rings (SSSR count). The van der Waals surface area contributed by atoms with Crippen molar-refractivity contribution in [2.45, 2.75) is 19.6 Å². The molecule has 0 saturated heterocycles. The number of aromatic nitrogens is 2. The van der Waals surface area contributed by atoms with Crippen LogP contribution < -0.4 is 4.57 Å². The van der Waals surface area contributed by atoms with Crippen LogP contribution in [0.2, 0.25) is 0 Å². The van der Waals surface area contributed by atoms with Crippen LogP contribution in [0.25, 0.3) is 0 Å². The minimum atomic E-state index is -6.00. The van der Waals surface area contributed by atoms with E-state index in [1.165, 1.54) is 0 Å². The molecule has 0 saturated carbocycles. The van der Waals surface area contributed by atoms with Gasteiger partial charge in [-0.1, -0.05) is 6.92 Å². The van der Waals surface area contributed by atoms with Gasteiger partial charge in [0.05, 0.1) is 7.05 Å². The van der Waals surface area contributed by atoms with E-state index < -0.39 is 7.25 Å². The summed E-state index contributed by atoms with van der Waals surface area (Å²) in [5.41, 5.74) is 0. The monoisotopic (exact) mass is 228 g/mol. The van der Waals surface area contributed by atoms with E-state index in [4.69, 9.17) is 0 Å². The van der Waals surface area contributed by atoms with Crippen molar-refractivity contribution in [1.82, 2.24) is 4.57 Å². The van der Waals surface area contributed by atoms with Gasteiger partial charge in [0.25, 0.3) is 0 Å². The maximum Gasteiger partial charge on any atom is 0.673 e. The van der Waals surface area contributed by atoms with Crippen LogP contribution in [0.4, 0.5) is 17.3 Å². The lowest BCUT2D eigenvalue weighted by atomic mass is 10.3.